The minimum absolute atomic E-state index is 0.0150. The molecular weight excluding hydrogens is 472 g/mol. The first kappa shape index (κ1) is 23.9. The fourth-order valence-corrected chi connectivity index (χ4v) is 6.04. The number of para-hydroxylation sites is 1. The molecule has 0 spiro atoms. The molecule has 3 amide bonds. The lowest BCUT2D eigenvalue weighted by Gasteiger charge is -2.33. The van der Waals surface area contributed by atoms with E-state index in [1.54, 1.807) is 17.0 Å². The number of nitrogens with zero attached hydrogens (tertiary/aromatic N) is 2. The average Bonchev–Trinajstić information content (AvgIpc) is 3.36. The number of fused-ring (bicyclic) bond motifs is 1. The SMILES string of the molecule is Cc1ccc2c(c1)[C@](Cc1ccccc1)([C@H]1CC(=O)N(c3ccccc3)C1=O)C(=O)N2Cc1ccccc1. The quantitative estimate of drug-likeness (QED) is 0.324. The Kier molecular flexibility index (Phi) is 5.91. The molecule has 0 radical (unpaired) electrons. The van der Waals surface area contributed by atoms with Crippen molar-refractivity contribution < 1.29 is 14.4 Å². The number of hydrogen-bond acceptors (Lipinski definition) is 3. The summed E-state index contributed by atoms with van der Waals surface area (Å²) in [5.74, 6) is -1.54. The van der Waals surface area contributed by atoms with Crippen LogP contribution in [0, 0.1) is 12.8 Å². The van der Waals surface area contributed by atoms with Crippen LogP contribution < -0.4 is 9.80 Å². The van der Waals surface area contributed by atoms with Gasteiger partial charge in [0, 0.05) is 12.1 Å². The number of aryl methyl sites for hydroxylation is 1. The van der Waals surface area contributed by atoms with Gasteiger partial charge in [0.2, 0.25) is 17.7 Å². The Balaban J connectivity index is 1.52. The molecule has 6 rings (SSSR count). The lowest BCUT2D eigenvalue weighted by molar-refractivity contribution is -0.131. The predicted molar refractivity (Wildman–Crippen MR) is 148 cm³/mol. The van der Waals surface area contributed by atoms with Crippen LogP contribution in [0.1, 0.15) is 28.7 Å². The first-order valence-electron chi connectivity index (χ1n) is 12.9. The van der Waals surface area contributed by atoms with E-state index in [1.165, 1.54) is 4.90 Å². The van der Waals surface area contributed by atoms with Crippen LogP contribution in [0.15, 0.2) is 109 Å². The molecule has 2 aliphatic heterocycles. The maximum Gasteiger partial charge on any atom is 0.239 e. The third kappa shape index (κ3) is 3.82. The molecule has 1 saturated heterocycles. The number of carbonyl (C=O) groups is 3. The summed E-state index contributed by atoms with van der Waals surface area (Å²) in [6, 6.07) is 34.7. The molecule has 0 N–H and O–H groups in total. The van der Waals surface area contributed by atoms with E-state index in [4.69, 9.17) is 0 Å². The molecule has 2 aliphatic rings. The second kappa shape index (κ2) is 9.42. The maximum absolute atomic E-state index is 14.7. The molecule has 2 atom stereocenters. The van der Waals surface area contributed by atoms with Crippen molar-refractivity contribution in [2.24, 2.45) is 5.92 Å². The molecule has 0 bridgehead atoms. The zero-order valence-corrected chi connectivity index (χ0v) is 21.2. The van der Waals surface area contributed by atoms with Gasteiger partial charge in [-0.15, -0.1) is 0 Å². The summed E-state index contributed by atoms with van der Waals surface area (Å²) in [4.78, 5) is 45.3. The van der Waals surface area contributed by atoms with Gasteiger partial charge in [-0.1, -0.05) is 96.6 Å². The van der Waals surface area contributed by atoms with Gasteiger partial charge < -0.3 is 4.90 Å². The Morgan fingerprint density at radius 3 is 2.03 bits per heavy atom. The third-order valence-corrected chi connectivity index (χ3v) is 7.82. The Morgan fingerprint density at radius 1 is 0.763 bits per heavy atom. The van der Waals surface area contributed by atoms with E-state index < -0.39 is 11.3 Å². The summed E-state index contributed by atoms with van der Waals surface area (Å²) < 4.78 is 0. The van der Waals surface area contributed by atoms with Crippen molar-refractivity contribution in [3.8, 4) is 0 Å². The monoisotopic (exact) mass is 500 g/mol. The van der Waals surface area contributed by atoms with Gasteiger partial charge in [-0.2, -0.15) is 0 Å². The van der Waals surface area contributed by atoms with Crippen LogP contribution in [0.2, 0.25) is 0 Å². The number of imide groups is 1. The largest absolute Gasteiger partial charge is 0.307 e. The van der Waals surface area contributed by atoms with E-state index in [9.17, 15) is 14.4 Å². The zero-order valence-electron chi connectivity index (χ0n) is 21.2. The molecule has 5 nitrogen and oxygen atoms in total. The summed E-state index contributed by atoms with van der Waals surface area (Å²) in [6.45, 7) is 2.39. The number of hydrogen-bond donors (Lipinski definition) is 0. The highest BCUT2D eigenvalue weighted by Crippen LogP contribution is 2.52. The topological polar surface area (TPSA) is 57.7 Å². The van der Waals surface area contributed by atoms with E-state index in [2.05, 4.69) is 0 Å². The summed E-state index contributed by atoms with van der Waals surface area (Å²) >= 11 is 0. The maximum atomic E-state index is 14.7. The fourth-order valence-electron chi connectivity index (χ4n) is 6.04. The van der Waals surface area contributed by atoms with Crippen molar-refractivity contribution in [1.82, 2.24) is 0 Å². The molecule has 0 saturated carbocycles. The van der Waals surface area contributed by atoms with Gasteiger partial charge in [0.25, 0.3) is 0 Å². The second-order valence-electron chi connectivity index (χ2n) is 10.2. The number of benzene rings is 4. The predicted octanol–water partition coefficient (Wildman–Crippen LogP) is 5.60. The van der Waals surface area contributed by atoms with Crippen molar-refractivity contribution in [2.75, 3.05) is 9.80 Å². The van der Waals surface area contributed by atoms with Crippen LogP contribution >= 0.6 is 0 Å². The molecule has 2 heterocycles. The number of amides is 3. The van der Waals surface area contributed by atoms with E-state index in [0.717, 1.165) is 27.9 Å². The average molecular weight is 501 g/mol. The van der Waals surface area contributed by atoms with Gasteiger partial charge in [0.15, 0.2) is 0 Å². The molecule has 188 valence electrons. The number of anilines is 2. The Hall–Kier alpha value is -4.51. The van der Waals surface area contributed by atoms with Crippen molar-refractivity contribution >= 4 is 29.1 Å². The zero-order chi connectivity index (χ0) is 26.3. The van der Waals surface area contributed by atoms with Gasteiger partial charge in [-0.05, 0) is 48.2 Å². The molecule has 0 aromatic heterocycles. The third-order valence-electron chi connectivity index (χ3n) is 7.82. The lowest BCUT2D eigenvalue weighted by Crippen LogP contribution is -2.50. The molecular formula is C33H28N2O3. The first-order chi connectivity index (χ1) is 18.5. The molecule has 0 aliphatic carbocycles. The molecule has 0 unspecified atom stereocenters. The minimum Gasteiger partial charge on any atom is -0.307 e. The Morgan fingerprint density at radius 2 is 1.37 bits per heavy atom. The summed E-state index contributed by atoms with van der Waals surface area (Å²) in [6.07, 6.45) is 0.319. The van der Waals surface area contributed by atoms with Gasteiger partial charge in [0.1, 0.15) is 0 Å². The Labute approximate surface area is 222 Å². The summed E-state index contributed by atoms with van der Waals surface area (Å²) in [5.41, 5.74) is 3.93. The molecule has 4 aromatic rings. The standard InChI is InChI=1S/C33H28N2O3/c1-23-17-18-29-27(19-23)33(21-24-11-5-2-6-12-24,32(38)34(29)22-25-13-7-3-8-14-25)28-20-30(36)35(31(28)37)26-15-9-4-10-16-26/h2-19,28H,20-22H2,1H3/t28-,33+/m0/s1. The van der Waals surface area contributed by atoms with E-state index in [-0.39, 0.29) is 24.1 Å². The minimum atomic E-state index is -1.20. The first-order valence-corrected chi connectivity index (χ1v) is 12.9. The van der Waals surface area contributed by atoms with E-state index in [1.807, 2.05) is 104 Å². The molecule has 38 heavy (non-hydrogen) atoms. The molecule has 5 heteroatoms. The van der Waals surface area contributed by atoms with Gasteiger partial charge >= 0.3 is 0 Å². The smallest absolute Gasteiger partial charge is 0.239 e. The van der Waals surface area contributed by atoms with Gasteiger partial charge in [-0.25, -0.2) is 0 Å². The van der Waals surface area contributed by atoms with Crippen LogP contribution in [0.25, 0.3) is 0 Å². The van der Waals surface area contributed by atoms with E-state index >= 15 is 0 Å². The van der Waals surface area contributed by atoms with Gasteiger partial charge in [-0.3, -0.25) is 19.3 Å². The van der Waals surface area contributed by atoms with E-state index in [0.29, 0.717) is 18.7 Å². The second-order valence-corrected chi connectivity index (χ2v) is 10.2. The molecule has 1 fully saturated rings. The fraction of sp³-hybridized carbons (Fsp3) is 0.182. The van der Waals surface area contributed by atoms with Crippen molar-refractivity contribution in [2.45, 2.75) is 31.7 Å². The van der Waals surface area contributed by atoms with Crippen LogP contribution in [0.3, 0.4) is 0 Å². The van der Waals surface area contributed by atoms with Crippen LogP contribution in [-0.2, 0) is 32.8 Å². The Bertz CT molecular complexity index is 1520. The molecule has 4 aromatic carbocycles. The van der Waals surface area contributed by atoms with Gasteiger partial charge in [0.05, 0.1) is 23.6 Å². The summed E-state index contributed by atoms with van der Waals surface area (Å²) in [5, 5.41) is 0. The van der Waals surface area contributed by atoms with Crippen LogP contribution in [0.5, 0.6) is 0 Å². The van der Waals surface area contributed by atoms with Crippen LogP contribution in [0.4, 0.5) is 11.4 Å². The van der Waals surface area contributed by atoms with Crippen molar-refractivity contribution in [3.63, 3.8) is 0 Å². The number of carbonyl (C=O) groups excluding carboxylic acids is 3. The lowest BCUT2D eigenvalue weighted by atomic mass is 9.66. The van der Waals surface area contributed by atoms with Crippen molar-refractivity contribution in [3.05, 3.63) is 131 Å². The normalized spacial score (nSPS) is 20.8. The summed E-state index contributed by atoms with van der Waals surface area (Å²) in [7, 11) is 0. The highest BCUT2D eigenvalue weighted by atomic mass is 16.2. The highest BCUT2D eigenvalue weighted by Gasteiger charge is 2.61. The van der Waals surface area contributed by atoms with Crippen molar-refractivity contribution in [1.29, 1.82) is 0 Å². The van der Waals surface area contributed by atoms with Crippen LogP contribution in [-0.4, -0.2) is 17.7 Å². The number of rotatable bonds is 6. The highest BCUT2D eigenvalue weighted by molar-refractivity contribution is 6.24.